The molecular weight excluding hydrogens is 160 g/mol. The Morgan fingerprint density at radius 1 is 1.46 bits per heavy atom. The lowest BCUT2D eigenvalue weighted by molar-refractivity contribution is 0.818. The zero-order valence-electron chi connectivity index (χ0n) is 8.09. The first-order valence-corrected chi connectivity index (χ1v) is 4.39. The third-order valence-corrected chi connectivity index (χ3v) is 1.64. The Morgan fingerprint density at radius 2 is 2.31 bits per heavy atom. The van der Waals surface area contributed by atoms with Crippen LogP contribution < -0.4 is 5.32 Å². The molecule has 0 aliphatic heterocycles. The van der Waals surface area contributed by atoms with E-state index in [1.165, 1.54) is 0 Å². The van der Waals surface area contributed by atoms with E-state index in [9.17, 15) is 0 Å². The molecule has 0 amide bonds. The molecule has 0 bridgehead atoms. The third-order valence-electron chi connectivity index (χ3n) is 1.64. The summed E-state index contributed by atoms with van der Waals surface area (Å²) in [7, 11) is 1.93. The summed E-state index contributed by atoms with van der Waals surface area (Å²) < 4.78 is 0. The molecule has 13 heavy (non-hydrogen) atoms. The fraction of sp³-hybridized carbons (Fsp3) is 0.364. The van der Waals surface area contributed by atoms with E-state index in [1.54, 1.807) is 0 Å². The first kappa shape index (κ1) is 9.76. The van der Waals surface area contributed by atoms with Crippen molar-refractivity contribution in [3.8, 4) is 11.8 Å². The zero-order chi connectivity index (χ0) is 9.52. The predicted molar refractivity (Wildman–Crippen MR) is 54.4 cm³/mol. The second-order valence-corrected chi connectivity index (χ2v) is 2.84. The Balaban J connectivity index is 2.52. The highest BCUT2D eigenvalue weighted by Crippen LogP contribution is 1.96. The SMILES string of the molecule is CNCCC#Cc1ccc(C)nc1. The normalized spacial score (nSPS) is 9.08. The second-order valence-electron chi connectivity index (χ2n) is 2.84. The van der Waals surface area contributed by atoms with Crippen LogP contribution in [0.2, 0.25) is 0 Å². The minimum absolute atomic E-state index is 0.879. The van der Waals surface area contributed by atoms with Gasteiger partial charge in [-0.25, -0.2) is 0 Å². The molecule has 0 aliphatic carbocycles. The quantitative estimate of drug-likeness (QED) is 0.541. The number of pyridine rings is 1. The maximum absolute atomic E-state index is 4.16. The highest BCUT2D eigenvalue weighted by atomic mass is 14.8. The van der Waals surface area contributed by atoms with Gasteiger partial charge in [0, 0.05) is 30.4 Å². The number of hydrogen-bond donors (Lipinski definition) is 1. The van der Waals surface area contributed by atoms with Crippen molar-refractivity contribution in [3.05, 3.63) is 29.6 Å². The largest absolute Gasteiger partial charge is 0.319 e. The van der Waals surface area contributed by atoms with Crippen molar-refractivity contribution in [2.75, 3.05) is 13.6 Å². The number of aryl methyl sites for hydroxylation is 1. The van der Waals surface area contributed by atoms with Gasteiger partial charge < -0.3 is 5.32 Å². The fourth-order valence-corrected chi connectivity index (χ4v) is 0.894. The van der Waals surface area contributed by atoms with Crippen molar-refractivity contribution in [1.29, 1.82) is 0 Å². The predicted octanol–water partition coefficient (Wildman–Crippen LogP) is 1.35. The fourth-order valence-electron chi connectivity index (χ4n) is 0.894. The van der Waals surface area contributed by atoms with E-state index in [0.717, 1.165) is 24.2 Å². The second kappa shape index (κ2) is 5.34. The van der Waals surface area contributed by atoms with Gasteiger partial charge in [-0.15, -0.1) is 0 Å². The summed E-state index contributed by atoms with van der Waals surface area (Å²) in [5.41, 5.74) is 2.02. The Bertz CT molecular complexity index is 303. The zero-order valence-corrected chi connectivity index (χ0v) is 8.09. The first-order chi connectivity index (χ1) is 6.33. The van der Waals surface area contributed by atoms with Crippen molar-refractivity contribution in [2.24, 2.45) is 0 Å². The summed E-state index contributed by atoms with van der Waals surface area (Å²) in [5, 5.41) is 3.04. The van der Waals surface area contributed by atoms with Crippen LogP contribution in [0.15, 0.2) is 18.3 Å². The van der Waals surface area contributed by atoms with Gasteiger partial charge in [-0.1, -0.05) is 11.8 Å². The van der Waals surface area contributed by atoms with Crippen molar-refractivity contribution < 1.29 is 0 Å². The van der Waals surface area contributed by atoms with E-state index in [4.69, 9.17) is 0 Å². The van der Waals surface area contributed by atoms with Crippen LogP contribution in [-0.4, -0.2) is 18.6 Å². The van der Waals surface area contributed by atoms with Crippen LogP contribution in [0.4, 0.5) is 0 Å². The van der Waals surface area contributed by atoms with E-state index >= 15 is 0 Å². The minimum Gasteiger partial charge on any atom is -0.319 e. The Labute approximate surface area is 79.4 Å². The molecule has 0 fully saturated rings. The molecule has 2 heteroatoms. The topological polar surface area (TPSA) is 24.9 Å². The van der Waals surface area contributed by atoms with Crippen molar-refractivity contribution >= 4 is 0 Å². The van der Waals surface area contributed by atoms with Crippen LogP contribution >= 0.6 is 0 Å². The van der Waals surface area contributed by atoms with Crippen LogP contribution in [0.5, 0.6) is 0 Å². The van der Waals surface area contributed by atoms with Crippen molar-refractivity contribution in [2.45, 2.75) is 13.3 Å². The van der Waals surface area contributed by atoms with Gasteiger partial charge in [-0.3, -0.25) is 4.98 Å². The summed E-state index contributed by atoms with van der Waals surface area (Å²) >= 11 is 0. The molecule has 1 aromatic heterocycles. The number of rotatable bonds is 2. The van der Waals surface area contributed by atoms with Crippen molar-refractivity contribution in [3.63, 3.8) is 0 Å². The molecule has 0 saturated carbocycles. The summed E-state index contributed by atoms with van der Waals surface area (Å²) in [6, 6.07) is 3.97. The molecular formula is C11H14N2. The maximum Gasteiger partial charge on any atom is 0.0428 e. The molecule has 68 valence electrons. The maximum atomic E-state index is 4.16. The number of aromatic nitrogens is 1. The molecule has 1 N–H and O–H groups in total. The van der Waals surface area contributed by atoms with E-state index in [2.05, 4.69) is 22.1 Å². The molecule has 1 rings (SSSR count). The molecule has 0 saturated heterocycles. The summed E-state index contributed by atoms with van der Waals surface area (Å²) in [6.07, 6.45) is 2.69. The van der Waals surface area contributed by atoms with Crippen LogP contribution in [0.3, 0.4) is 0 Å². The van der Waals surface area contributed by atoms with Crippen LogP contribution in [-0.2, 0) is 0 Å². The van der Waals surface area contributed by atoms with E-state index in [1.807, 2.05) is 32.3 Å². The van der Waals surface area contributed by atoms with Crippen LogP contribution in [0, 0.1) is 18.8 Å². The van der Waals surface area contributed by atoms with Gasteiger partial charge in [-0.05, 0) is 26.1 Å². The molecule has 0 atom stereocenters. The highest BCUT2D eigenvalue weighted by molar-refractivity contribution is 5.32. The Morgan fingerprint density at radius 3 is 2.92 bits per heavy atom. The average Bonchev–Trinajstić information content (AvgIpc) is 2.15. The van der Waals surface area contributed by atoms with Crippen LogP contribution in [0.25, 0.3) is 0 Å². The molecule has 1 aromatic rings. The van der Waals surface area contributed by atoms with E-state index < -0.39 is 0 Å². The summed E-state index contributed by atoms with van der Waals surface area (Å²) in [4.78, 5) is 4.16. The lowest BCUT2D eigenvalue weighted by Crippen LogP contribution is -2.05. The highest BCUT2D eigenvalue weighted by Gasteiger charge is 1.86. The van der Waals surface area contributed by atoms with E-state index in [-0.39, 0.29) is 0 Å². The summed E-state index contributed by atoms with van der Waals surface area (Å²) in [6.45, 7) is 2.91. The van der Waals surface area contributed by atoms with Gasteiger partial charge in [0.15, 0.2) is 0 Å². The van der Waals surface area contributed by atoms with Gasteiger partial charge in [0.25, 0.3) is 0 Å². The number of nitrogens with one attached hydrogen (secondary N) is 1. The molecule has 2 nitrogen and oxygen atoms in total. The molecule has 0 radical (unpaired) electrons. The lowest BCUT2D eigenvalue weighted by Gasteiger charge is -1.91. The van der Waals surface area contributed by atoms with Gasteiger partial charge >= 0.3 is 0 Å². The Kier molecular flexibility index (Phi) is 4.01. The number of nitrogens with zero attached hydrogens (tertiary/aromatic N) is 1. The standard InChI is InChI=1S/C11H14N2/c1-10-6-7-11(9-13-10)5-3-4-8-12-2/h6-7,9,12H,4,8H2,1-2H3. The Hall–Kier alpha value is -1.33. The molecule has 0 aromatic carbocycles. The minimum atomic E-state index is 0.879. The molecule has 0 aliphatic rings. The van der Waals surface area contributed by atoms with Gasteiger partial charge in [0.05, 0.1) is 0 Å². The first-order valence-electron chi connectivity index (χ1n) is 4.39. The van der Waals surface area contributed by atoms with Crippen LogP contribution in [0.1, 0.15) is 17.7 Å². The monoisotopic (exact) mass is 174 g/mol. The smallest absolute Gasteiger partial charge is 0.0428 e. The lowest BCUT2D eigenvalue weighted by atomic mass is 10.2. The average molecular weight is 174 g/mol. The van der Waals surface area contributed by atoms with Crippen molar-refractivity contribution in [1.82, 2.24) is 10.3 Å². The molecule has 1 heterocycles. The number of hydrogen-bond acceptors (Lipinski definition) is 2. The summed E-state index contributed by atoms with van der Waals surface area (Å²) in [5.74, 6) is 6.12. The third kappa shape index (κ3) is 3.73. The molecule has 0 spiro atoms. The van der Waals surface area contributed by atoms with E-state index in [0.29, 0.717) is 0 Å². The van der Waals surface area contributed by atoms with Gasteiger partial charge in [0.1, 0.15) is 0 Å². The van der Waals surface area contributed by atoms with Gasteiger partial charge in [-0.2, -0.15) is 0 Å². The van der Waals surface area contributed by atoms with Gasteiger partial charge in [0.2, 0.25) is 0 Å². The molecule has 0 unspecified atom stereocenters.